The van der Waals surface area contributed by atoms with E-state index < -0.39 is 12.0 Å². The molecule has 2 heterocycles. The molecule has 166 valence electrons. The maximum absolute atomic E-state index is 10.8. The molecule has 0 fully saturated rings. The maximum atomic E-state index is 10.8. The van der Waals surface area contributed by atoms with E-state index in [0.29, 0.717) is 31.9 Å². The number of nitrogens with two attached hydrogens (primary N) is 3. The summed E-state index contributed by atoms with van der Waals surface area (Å²) >= 11 is 5.87. The van der Waals surface area contributed by atoms with Crippen molar-refractivity contribution in [2.45, 2.75) is 0 Å². The lowest BCUT2D eigenvalue weighted by molar-refractivity contribution is -0.384. The number of nitrogens with zero attached hydrogens (tertiary/aromatic N) is 3. The van der Waals surface area contributed by atoms with E-state index in [1.165, 1.54) is 28.7 Å². The standard InChI is InChI=1S/C9H7N3O2S.C6H8BNO2.C3H3BrN2S/c10-9-11-5-8(15-9)6-3-1-2-4-7(6)12(13)14;8-6-4-2-1-3-5(6)7(9)10;4-2-1-6-3(5)7-2/h1-5H,(H2,10,11);1-4,9-10H,8H2;1H,(H2,5,6). The van der Waals surface area contributed by atoms with Crippen molar-refractivity contribution in [1.82, 2.24) is 9.97 Å². The first-order valence-electron chi connectivity index (χ1n) is 8.71. The van der Waals surface area contributed by atoms with E-state index >= 15 is 0 Å². The highest BCUT2D eigenvalue weighted by Gasteiger charge is 2.15. The molecule has 4 aromatic rings. The van der Waals surface area contributed by atoms with Crippen LogP contribution in [0.5, 0.6) is 0 Å². The Balaban J connectivity index is 0.000000184. The first-order chi connectivity index (χ1) is 15.2. The molecule has 0 radical (unpaired) electrons. The van der Waals surface area contributed by atoms with Crippen LogP contribution in [0.3, 0.4) is 0 Å². The lowest BCUT2D eigenvalue weighted by atomic mass is 9.79. The number of nitro benzene ring substituents is 1. The van der Waals surface area contributed by atoms with Gasteiger partial charge in [-0.15, -0.1) is 0 Å². The van der Waals surface area contributed by atoms with Gasteiger partial charge >= 0.3 is 7.12 Å². The Morgan fingerprint density at radius 3 is 1.97 bits per heavy atom. The molecular weight excluding hydrogens is 519 g/mol. The Labute approximate surface area is 199 Å². The molecule has 0 spiro atoms. The van der Waals surface area contributed by atoms with Crippen LogP contribution in [-0.2, 0) is 0 Å². The van der Waals surface area contributed by atoms with Crippen LogP contribution in [-0.4, -0.2) is 32.1 Å². The minimum atomic E-state index is -1.47. The summed E-state index contributed by atoms with van der Waals surface area (Å²) in [6.07, 6.45) is 3.22. The smallest absolute Gasteiger partial charge is 0.423 e. The fraction of sp³-hybridized carbons (Fsp3) is 0. The third kappa shape index (κ3) is 7.58. The molecule has 0 unspecified atom stereocenters. The van der Waals surface area contributed by atoms with Crippen molar-refractivity contribution in [1.29, 1.82) is 0 Å². The van der Waals surface area contributed by atoms with Gasteiger partial charge in [0.1, 0.15) is 0 Å². The van der Waals surface area contributed by atoms with Crippen LogP contribution in [0, 0.1) is 10.1 Å². The van der Waals surface area contributed by atoms with Crippen LogP contribution in [0.4, 0.5) is 21.6 Å². The number of benzene rings is 2. The van der Waals surface area contributed by atoms with Crippen molar-refractivity contribution in [3.8, 4) is 10.4 Å². The van der Waals surface area contributed by atoms with Crippen LogP contribution in [0.2, 0.25) is 0 Å². The van der Waals surface area contributed by atoms with Crippen molar-refractivity contribution < 1.29 is 15.0 Å². The van der Waals surface area contributed by atoms with Gasteiger partial charge in [0, 0.05) is 23.4 Å². The zero-order valence-electron chi connectivity index (χ0n) is 16.3. The summed E-state index contributed by atoms with van der Waals surface area (Å²) in [6.45, 7) is 0. The monoisotopic (exact) mass is 536 g/mol. The molecule has 0 bridgehead atoms. The molecule has 0 saturated carbocycles. The van der Waals surface area contributed by atoms with Gasteiger partial charge in [-0.05, 0) is 28.1 Å². The Hall–Kier alpha value is -3.04. The van der Waals surface area contributed by atoms with Crippen LogP contribution in [0.25, 0.3) is 10.4 Å². The van der Waals surface area contributed by atoms with E-state index in [4.69, 9.17) is 27.2 Å². The van der Waals surface area contributed by atoms with Gasteiger partial charge in [-0.25, -0.2) is 9.97 Å². The third-order valence-corrected chi connectivity index (χ3v) is 5.82. The third-order valence-electron chi connectivity index (χ3n) is 3.66. The summed E-state index contributed by atoms with van der Waals surface area (Å²) in [5, 5.41) is 29.1. The van der Waals surface area contributed by atoms with E-state index in [0.717, 1.165) is 3.79 Å². The lowest BCUT2D eigenvalue weighted by Gasteiger charge is -2.01. The highest BCUT2D eigenvalue weighted by molar-refractivity contribution is 9.11. The minimum absolute atomic E-state index is 0.0705. The first-order valence-corrected chi connectivity index (χ1v) is 11.1. The highest BCUT2D eigenvalue weighted by atomic mass is 79.9. The van der Waals surface area contributed by atoms with Crippen LogP contribution in [0.15, 0.2) is 64.7 Å². The molecule has 2 aromatic heterocycles. The molecule has 0 atom stereocenters. The fourth-order valence-electron chi connectivity index (χ4n) is 2.27. The van der Waals surface area contributed by atoms with Crippen molar-refractivity contribution in [3.63, 3.8) is 0 Å². The predicted octanol–water partition coefficient (Wildman–Crippen LogP) is 2.74. The average Bonchev–Trinajstić information content (AvgIpc) is 3.36. The normalized spacial score (nSPS) is 9.72. The summed E-state index contributed by atoms with van der Waals surface area (Å²) in [5.41, 5.74) is 17.5. The first kappa shape index (κ1) is 25.2. The second-order valence-corrected chi connectivity index (χ2v) is 9.35. The van der Waals surface area contributed by atoms with E-state index in [2.05, 4.69) is 25.9 Å². The van der Waals surface area contributed by atoms with Gasteiger partial charge in [-0.3, -0.25) is 10.1 Å². The summed E-state index contributed by atoms with van der Waals surface area (Å²) in [7, 11) is -1.47. The molecular formula is C18H18BBrN6O4S2. The Bertz CT molecular complexity index is 1160. The van der Waals surface area contributed by atoms with Crippen LogP contribution >= 0.6 is 38.6 Å². The van der Waals surface area contributed by atoms with Gasteiger partial charge in [0.05, 0.1) is 25.3 Å². The van der Waals surface area contributed by atoms with Crippen LogP contribution < -0.4 is 22.7 Å². The molecule has 0 aliphatic carbocycles. The number of hydrogen-bond donors (Lipinski definition) is 5. The molecule has 0 aliphatic rings. The number of halogens is 1. The second-order valence-electron chi connectivity index (χ2n) is 5.84. The van der Waals surface area contributed by atoms with Gasteiger partial charge in [-0.2, -0.15) is 0 Å². The molecule has 2 aromatic carbocycles. The van der Waals surface area contributed by atoms with Crippen LogP contribution in [0.1, 0.15) is 0 Å². The van der Waals surface area contributed by atoms with Gasteiger partial charge < -0.3 is 27.2 Å². The molecule has 8 N–H and O–H groups in total. The number of nitrogen functional groups attached to an aromatic ring is 3. The van der Waals surface area contributed by atoms with E-state index in [-0.39, 0.29) is 5.69 Å². The Kier molecular flexibility index (Phi) is 9.55. The Morgan fingerprint density at radius 2 is 1.53 bits per heavy atom. The number of thiazole rings is 2. The SMILES string of the molecule is Nc1ccccc1B(O)O.Nc1ncc(-c2ccccc2[N+](=O)[O-])s1.Nc1ncc(Br)s1. The molecule has 32 heavy (non-hydrogen) atoms. The van der Waals surface area contributed by atoms with Crippen molar-refractivity contribution in [2.24, 2.45) is 0 Å². The minimum Gasteiger partial charge on any atom is -0.423 e. The maximum Gasteiger partial charge on any atom is 0.490 e. The largest absolute Gasteiger partial charge is 0.490 e. The number of hydrogen-bond acceptors (Lipinski definition) is 11. The number of para-hydroxylation sites is 2. The lowest BCUT2D eigenvalue weighted by Crippen LogP contribution is -2.31. The van der Waals surface area contributed by atoms with E-state index in [1.54, 1.807) is 54.9 Å². The fourth-order valence-corrected chi connectivity index (χ4v) is 4.00. The summed E-state index contributed by atoms with van der Waals surface area (Å²) < 4.78 is 0.977. The average molecular weight is 537 g/mol. The van der Waals surface area contributed by atoms with Crippen molar-refractivity contribution in [3.05, 3.63) is 74.8 Å². The molecule has 0 aliphatic heterocycles. The quantitative estimate of drug-likeness (QED) is 0.113. The van der Waals surface area contributed by atoms with Gasteiger partial charge in [0.25, 0.3) is 5.69 Å². The number of nitro groups is 1. The zero-order valence-corrected chi connectivity index (χ0v) is 19.5. The summed E-state index contributed by atoms with van der Waals surface area (Å²) in [4.78, 5) is 18.7. The molecule has 14 heteroatoms. The van der Waals surface area contributed by atoms with Gasteiger partial charge in [-0.1, -0.05) is 53.0 Å². The number of rotatable bonds is 3. The number of anilines is 3. The van der Waals surface area contributed by atoms with Gasteiger partial charge in [0.15, 0.2) is 10.3 Å². The number of aromatic nitrogens is 2. The molecule has 4 rings (SSSR count). The highest BCUT2D eigenvalue weighted by Crippen LogP contribution is 2.33. The summed E-state index contributed by atoms with van der Waals surface area (Å²) in [5.74, 6) is 0. The zero-order chi connectivity index (χ0) is 23.7. The van der Waals surface area contributed by atoms with Crippen molar-refractivity contribution >= 4 is 72.8 Å². The van der Waals surface area contributed by atoms with E-state index in [9.17, 15) is 10.1 Å². The Morgan fingerprint density at radius 1 is 0.938 bits per heavy atom. The predicted molar refractivity (Wildman–Crippen MR) is 134 cm³/mol. The topological polar surface area (TPSA) is 187 Å². The second kappa shape index (κ2) is 12.1. The molecule has 10 nitrogen and oxygen atoms in total. The van der Waals surface area contributed by atoms with Gasteiger partial charge in [0.2, 0.25) is 0 Å². The van der Waals surface area contributed by atoms with Crippen molar-refractivity contribution in [2.75, 3.05) is 17.2 Å². The molecule has 0 saturated heterocycles. The summed E-state index contributed by atoms with van der Waals surface area (Å²) in [6, 6.07) is 13.2. The van der Waals surface area contributed by atoms with E-state index in [1.807, 2.05) is 0 Å². The molecule has 0 amide bonds.